The van der Waals surface area contributed by atoms with Crippen molar-refractivity contribution in [3.63, 3.8) is 0 Å². The molecule has 0 aromatic rings. The lowest BCUT2D eigenvalue weighted by molar-refractivity contribution is -0.132. The second kappa shape index (κ2) is 6.39. The highest BCUT2D eigenvalue weighted by atomic mass is 16.3. The SMILES string of the molecule is CC(C)CCC(=O)N1CC(O)CC1CC(C)C. The topological polar surface area (TPSA) is 40.5 Å². The number of carbonyl (C=O) groups is 1. The number of hydrogen-bond acceptors (Lipinski definition) is 2. The summed E-state index contributed by atoms with van der Waals surface area (Å²) >= 11 is 0. The number of β-amino-alcohol motifs (C(OH)–C–C–N with tert-alkyl or cyclic N) is 1. The Bertz CT molecular complexity index is 251. The van der Waals surface area contributed by atoms with Crippen LogP contribution >= 0.6 is 0 Å². The first-order valence-corrected chi connectivity index (χ1v) is 6.87. The molecule has 0 bridgehead atoms. The third-order valence-corrected chi connectivity index (χ3v) is 3.39. The minimum absolute atomic E-state index is 0.223. The van der Waals surface area contributed by atoms with Gasteiger partial charge in [0.25, 0.3) is 0 Å². The third-order valence-electron chi connectivity index (χ3n) is 3.39. The summed E-state index contributed by atoms with van der Waals surface area (Å²) in [5.41, 5.74) is 0. The highest BCUT2D eigenvalue weighted by Gasteiger charge is 2.33. The summed E-state index contributed by atoms with van der Waals surface area (Å²) in [4.78, 5) is 14.0. The van der Waals surface area contributed by atoms with E-state index in [-0.39, 0.29) is 18.1 Å². The Hall–Kier alpha value is -0.570. The van der Waals surface area contributed by atoms with Gasteiger partial charge in [0.15, 0.2) is 0 Å². The molecule has 0 saturated carbocycles. The second-order valence-corrected chi connectivity index (χ2v) is 6.15. The van der Waals surface area contributed by atoms with Gasteiger partial charge in [-0.15, -0.1) is 0 Å². The molecule has 17 heavy (non-hydrogen) atoms. The number of nitrogens with zero attached hydrogens (tertiary/aromatic N) is 1. The highest BCUT2D eigenvalue weighted by molar-refractivity contribution is 5.76. The molecule has 3 nitrogen and oxygen atoms in total. The van der Waals surface area contributed by atoms with Crippen LogP contribution in [-0.2, 0) is 4.79 Å². The monoisotopic (exact) mass is 241 g/mol. The number of amides is 1. The molecule has 0 radical (unpaired) electrons. The predicted molar refractivity (Wildman–Crippen MR) is 69.7 cm³/mol. The number of aliphatic hydroxyl groups excluding tert-OH is 1. The standard InChI is InChI=1S/C14H27NO2/c1-10(2)5-6-14(17)15-9-13(16)8-12(15)7-11(3)4/h10-13,16H,5-9H2,1-4H3. The molecule has 0 aliphatic carbocycles. The van der Waals surface area contributed by atoms with E-state index < -0.39 is 0 Å². The summed E-state index contributed by atoms with van der Waals surface area (Å²) in [6.07, 6.45) is 3.01. The van der Waals surface area contributed by atoms with Crippen LogP contribution in [-0.4, -0.2) is 34.6 Å². The zero-order valence-electron chi connectivity index (χ0n) is 11.6. The maximum atomic E-state index is 12.1. The molecule has 0 aromatic heterocycles. The Kier molecular flexibility index (Phi) is 5.44. The molecule has 1 saturated heterocycles. The van der Waals surface area contributed by atoms with Crippen molar-refractivity contribution >= 4 is 5.91 Å². The molecular weight excluding hydrogens is 214 g/mol. The van der Waals surface area contributed by atoms with Crippen LogP contribution in [0.4, 0.5) is 0 Å². The Morgan fingerprint density at radius 2 is 1.94 bits per heavy atom. The van der Waals surface area contributed by atoms with Crippen LogP contribution in [0.1, 0.15) is 53.4 Å². The fraction of sp³-hybridized carbons (Fsp3) is 0.929. The summed E-state index contributed by atoms with van der Waals surface area (Å²) in [7, 11) is 0. The zero-order valence-corrected chi connectivity index (χ0v) is 11.6. The Balaban J connectivity index is 2.51. The highest BCUT2D eigenvalue weighted by Crippen LogP contribution is 2.25. The van der Waals surface area contributed by atoms with Gasteiger partial charge in [-0.2, -0.15) is 0 Å². The first-order chi connectivity index (χ1) is 7.90. The van der Waals surface area contributed by atoms with Crippen LogP contribution in [0, 0.1) is 11.8 Å². The van der Waals surface area contributed by atoms with Crippen LogP contribution in [0.25, 0.3) is 0 Å². The number of likely N-dealkylation sites (tertiary alicyclic amines) is 1. The second-order valence-electron chi connectivity index (χ2n) is 6.15. The molecule has 1 N–H and O–H groups in total. The van der Waals surface area contributed by atoms with E-state index in [1.54, 1.807) is 0 Å². The molecule has 1 heterocycles. The molecule has 100 valence electrons. The molecule has 2 unspecified atom stereocenters. The fourth-order valence-electron chi connectivity index (χ4n) is 2.52. The minimum atomic E-state index is -0.318. The first kappa shape index (κ1) is 14.5. The normalized spacial score (nSPS) is 25.0. The van der Waals surface area contributed by atoms with Gasteiger partial charge in [0.1, 0.15) is 0 Å². The molecule has 1 aliphatic rings. The minimum Gasteiger partial charge on any atom is -0.391 e. The third kappa shape index (κ3) is 4.66. The molecule has 3 heteroatoms. The molecule has 1 rings (SSSR count). The molecule has 0 spiro atoms. The van der Waals surface area contributed by atoms with E-state index in [1.807, 2.05) is 4.90 Å². The average Bonchev–Trinajstić information content (AvgIpc) is 2.54. The van der Waals surface area contributed by atoms with Gasteiger partial charge in [-0.3, -0.25) is 4.79 Å². The van der Waals surface area contributed by atoms with Crippen LogP contribution in [0.15, 0.2) is 0 Å². The van der Waals surface area contributed by atoms with Gasteiger partial charge >= 0.3 is 0 Å². The van der Waals surface area contributed by atoms with Crippen molar-refractivity contribution in [2.24, 2.45) is 11.8 Å². The maximum Gasteiger partial charge on any atom is 0.222 e. The largest absolute Gasteiger partial charge is 0.391 e. The van der Waals surface area contributed by atoms with E-state index in [2.05, 4.69) is 27.7 Å². The summed E-state index contributed by atoms with van der Waals surface area (Å²) in [5, 5.41) is 9.72. The number of hydrogen-bond donors (Lipinski definition) is 1. The van der Waals surface area contributed by atoms with E-state index in [0.29, 0.717) is 24.8 Å². The summed E-state index contributed by atoms with van der Waals surface area (Å²) in [6, 6.07) is 0.254. The van der Waals surface area contributed by atoms with Gasteiger partial charge in [-0.25, -0.2) is 0 Å². The van der Waals surface area contributed by atoms with Gasteiger partial charge in [0.05, 0.1) is 6.10 Å². The van der Waals surface area contributed by atoms with Gasteiger partial charge in [0.2, 0.25) is 5.91 Å². The van der Waals surface area contributed by atoms with Gasteiger partial charge < -0.3 is 10.0 Å². The van der Waals surface area contributed by atoms with Gasteiger partial charge in [-0.1, -0.05) is 27.7 Å². The van der Waals surface area contributed by atoms with Crippen molar-refractivity contribution in [1.82, 2.24) is 4.90 Å². The van der Waals surface area contributed by atoms with Crippen LogP contribution in [0.3, 0.4) is 0 Å². The van der Waals surface area contributed by atoms with Crippen molar-refractivity contribution in [2.75, 3.05) is 6.54 Å². The van der Waals surface area contributed by atoms with E-state index >= 15 is 0 Å². The maximum absolute atomic E-state index is 12.1. The Morgan fingerprint density at radius 1 is 1.29 bits per heavy atom. The van der Waals surface area contributed by atoms with Crippen molar-refractivity contribution in [3.05, 3.63) is 0 Å². The molecule has 1 fully saturated rings. The lowest BCUT2D eigenvalue weighted by Crippen LogP contribution is -2.36. The van der Waals surface area contributed by atoms with E-state index in [9.17, 15) is 9.90 Å². The smallest absolute Gasteiger partial charge is 0.222 e. The molecular formula is C14H27NO2. The Labute approximate surface area is 105 Å². The number of rotatable bonds is 5. The van der Waals surface area contributed by atoms with Crippen LogP contribution < -0.4 is 0 Å². The summed E-state index contributed by atoms with van der Waals surface area (Å²) in [5.74, 6) is 1.36. The zero-order chi connectivity index (χ0) is 13.0. The van der Waals surface area contributed by atoms with E-state index in [0.717, 1.165) is 19.3 Å². The van der Waals surface area contributed by atoms with Crippen LogP contribution in [0.5, 0.6) is 0 Å². The number of aliphatic hydroxyl groups is 1. The molecule has 1 aliphatic heterocycles. The fourth-order valence-corrected chi connectivity index (χ4v) is 2.52. The quantitative estimate of drug-likeness (QED) is 0.803. The molecule has 0 aromatic carbocycles. The summed E-state index contributed by atoms with van der Waals surface area (Å²) in [6.45, 7) is 9.15. The van der Waals surface area contributed by atoms with Crippen molar-refractivity contribution < 1.29 is 9.90 Å². The van der Waals surface area contributed by atoms with Crippen LogP contribution in [0.2, 0.25) is 0 Å². The van der Waals surface area contributed by atoms with E-state index in [1.165, 1.54) is 0 Å². The van der Waals surface area contributed by atoms with Crippen molar-refractivity contribution in [2.45, 2.75) is 65.5 Å². The van der Waals surface area contributed by atoms with Gasteiger partial charge in [0, 0.05) is 19.0 Å². The first-order valence-electron chi connectivity index (χ1n) is 6.87. The van der Waals surface area contributed by atoms with Crippen molar-refractivity contribution in [1.29, 1.82) is 0 Å². The van der Waals surface area contributed by atoms with E-state index in [4.69, 9.17) is 0 Å². The van der Waals surface area contributed by atoms with Crippen molar-refractivity contribution in [3.8, 4) is 0 Å². The predicted octanol–water partition coefficient (Wildman–Crippen LogP) is 2.43. The average molecular weight is 241 g/mol. The lowest BCUT2D eigenvalue weighted by Gasteiger charge is -2.26. The number of carbonyl (C=O) groups excluding carboxylic acids is 1. The van der Waals surface area contributed by atoms with Gasteiger partial charge in [-0.05, 0) is 31.1 Å². The summed E-state index contributed by atoms with van der Waals surface area (Å²) < 4.78 is 0. The lowest BCUT2D eigenvalue weighted by atomic mass is 10.0. The molecule has 2 atom stereocenters. The molecule has 1 amide bonds. The Morgan fingerprint density at radius 3 is 2.47 bits per heavy atom.